The van der Waals surface area contributed by atoms with E-state index >= 15 is 0 Å². The van der Waals surface area contributed by atoms with E-state index in [1.165, 1.54) is 42.5 Å². The molecule has 0 atom stereocenters. The first-order chi connectivity index (χ1) is 16.1. The number of carbonyl (C=O) groups excluding carboxylic acids is 1. The number of aryl methyl sites for hydroxylation is 1. The Morgan fingerprint density at radius 3 is 2.18 bits per heavy atom. The van der Waals surface area contributed by atoms with Crippen LogP contribution in [0.2, 0.25) is 0 Å². The second-order valence-electron chi connectivity index (χ2n) is 7.23. The number of nitrogens with one attached hydrogen (secondary N) is 3. The molecule has 0 aliphatic heterocycles. The van der Waals surface area contributed by atoms with Crippen LogP contribution in [0.5, 0.6) is 0 Å². The molecule has 0 heterocycles. The van der Waals surface area contributed by atoms with Gasteiger partial charge >= 0.3 is 0 Å². The minimum absolute atomic E-state index is 0.00907. The van der Waals surface area contributed by atoms with E-state index in [0.717, 1.165) is 0 Å². The molecule has 3 aromatic rings. The Morgan fingerprint density at radius 1 is 0.882 bits per heavy atom. The molecule has 0 bridgehead atoms. The molecule has 11 heteroatoms. The predicted octanol–water partition coefficient (Wildman–Crippen LogP) is 3.24. The molecule has 1 amide bonds. The van der Waals surface area contributed by atoms with Gasteiger partial charge in [-0.25, -0.2) is 21.6 Å². The first kappa shape index (κ1) is 24.9. The normalized spacial score (nSPS) is 11.4. The molecule has 0 saturated carbocycles. The van der Waals surface area contributed by atoms with Crippen LogP contribution in [-0.2, 0) is 20.0 Å². The van der Waals surface area contributed by atoms with Crippen LogP contribution in [0.4, 0.5) is 11.4 Å². The molecule has 0 saturated heterocycles. The van der Waals surface area contributed by atoms with Crippen LogP contribution >= 0.6 is 0 Å². The van der Waals surface area contributed by atoms with Gasteiger partial charge < -0.3 is 5.32 Å². The van der Waals surface area contributed by atoms with Crippen molar-refractivity contribution >= 4 is 37.3 Å². The smallest absolute Gasteiger partial charge is 0.261 e. The highest BCUT2D eigenvalue weighted by molar-refractivity contribution is 7.92. The summed E-state index contributed by atoms with van der Waals surface area (Å²) in [5.74, 6) is -0.498. The minimum Gasteiger partial charge on any atom is -0.322 e. The zero-order chi connectivity index (χ0) is 24.8. The minimum atomic E-state index is -3.80. The SMILES string of the molecule is Cc1ccc(NC(=O)c2ccc(S(=O)(=O)NCCC#N)cc2)cc1NS(=O)(=O)c1ccccc1. The summed E-state index contributed by atoms with van der Waals surface area (Å²) >= 11 is 0. The lowest BCUT2D eigenvalue weighted by Crippen LogP contribution is -2.24. The molecule has 0 aromatic heterocycles. The van der Waals surface area contributed by atoms with Gasteiger partial charge in [0.25, 0.3) is 15.9 Å². The van der Waals surface area contributed by atoms with Gasteiger partial charge in [-0.1, -0.05) is 24.3 Å². The van der Waals surface area contributed by atoms with Crippen LogP contribution in [0, 0.1) is 18.3 Å². The van der Waals surface area contributed by atoms with Crippen LogP contribution in [0.1, 0.15) is 22.3 Å². The molecule has 9 nitrogen and oxygen atoms in total. The van der Waals surface area contributed by atoms with Crippen molar-refractivity contribution in [1.29, 1.82) is 5.26 Å². The van der Waals surface area contributed by atoms with Gasteiger partial charge in [0.2, 0.25) is 10.0 Å². The van der Waals surface area contributed by atoms with Gasteiger partial charge in [-0.15, -0.1) is 0 Å². The van der Waals surface area contributed by atoms with E-state index in [9.17, 15) is 21.6 Å². The van der Waals surface area contributed by atoms with Gasteiger partial charge in [0.05, 0.1) is 21.5 Å². The second-order valence-corrected chi connectivity index (χ2v) is 10.7. The number of amides is 1. The second kappa shape index (κ2) is 10.5. The van der Waals surface area contributed by atoms with Crippen molar-refractivity contribution in [3.63, 3.8) is 0 Å². The van der Waals surface area contributed by atoms with Crippen LogP contribution in [0.25, 0.3) is 0 Å². The largest absolute Gasteiger partial charge is 0.322 e. The predicted molar refractivity (Wildman–Crippen MR) is 128 cm³/mol. The Labute approximate surface area is 198 Å². The van der Waals surface area contributed by atoms with E-state index in [0.29, 0.717) is 16.9 Å². The Balaban J connectivity index is 1.74. The molecule has 3 rings (SSSR count). The zero-order valence-corrected chi connectivity index (χ0v) is 19.8. The highest BCUT2D eigenvalue weighted by Crippen LogP contribution is 2.24. The number of hydrogen-bond donors (Lipinski definition) is 3. The molecule has 0 radical (unpaired) electrons. The maximum Gasteiger partial charge on any atom is 0.261 e. The average molecular weight is 499 g/mol. The maximum absolute atomic E-state index is 12.6. The fourth-order valence-electron chi connectivity index (χ4n) is 2.93. The molecule has 0 unspecified atom stereocenters. The first-order valence-electron chi connectivity index (χ1n) is 10.1. The van der Waals surface area contributed by atoms with Crippen LogP contribution in [0.15, 0.2) is 82.6 Å². The van der Waals surface area contributed by atoms with E-state index in [1.807, 2.05) is 6.07 Å². The van der Waals surface area contributed by atoms with Gasteiger partial charge in [-0.2, -0.15) is 5.26 Å². The van der Waals surface area contributed by atoms with Crippen molar-refractivity contribution in [2.75, 3.05) is 16.6 Å². The van der Waals surface area contributed by atoms with Gasteiger partial charge in [0.1, 0.15) is 0 Å². The van der Waals surface area contributed by atoms with Crippen molar-refractivity contribution < 1.29 is 21.6 Å². The molecule has 3 aromatic carbocycles. The lowest BCUT2D eigenvalue weighted by Gasteiger charge is -2.13. The van der Waals surface area contributed by atoms with Gasteiger partial charge in [0, 0.05) is 24.2 Å². The van der Waals surface area contributed by atoms with Crippen LogP contribution in [-0.4, -0.2) is 29.3 Å². The molecular weight excluding hydrogens is 476 g/mol. The lowest BCUT2D eigenvalue weighted by atomic mass is 10.1. The molecular formula is C23H22N4O5S2. The quantitative estimate of drug-likeness (QED) is 0.386. The Hall–Kier alpha value is -3.72. The van der Waals surface area contributed by atoms with Crippen molar-refractivity contribution in [1.82, 2.24) is 4.72 Å². The fraction of sp³-hybridized carbons (Fsp3) is 0.130. The number of nitriles is 1. The maximum atomic E-state index is 12.6. The number of anilines is 2. The number of rotatable bonds is 9. The average Bonchev–Trinajstić information content (AvgIpc) is 2.82. The highest BCUT2D eigenvalue weighted by atomic mass is 32.2. The summed E-state index contributed by atoms with van der Waals surface area (Å²) in [6.07, 6.45) is 0.0414. The molecule has 0 fully saturated rings. The molecule has 0 aliphatic carbocycles. The van der Waals surface area contributed by atoms with Crippen LogP contribution < -0.4 is 14.8 Å². The third kappa shape index (κ3) is 6.20. The molecule has 34 heavy (non-hydrogen) atoms. The van der Waals surface area contributed by atoms with E-state index in [-0.39, 0.29) is 28.3 Å². The van der Waals surface area contributed by atoms with Crippen molar-refractivity contribution in [3.05, 3.63) is 83.9 Å². The standard InChI is InChI=1S/C23H22N4O5S2/c1-17-8-11-19(16-22(17)27-34(31,32)20-6-3-2-4-7-20)26-23(28)18-9-12-21(13-10-18)33(29,30)25-15-5-14-24/h2-4,6-13,16,25,27H,5,15H2,1H3,(H,26,28). The summed E-state index contributed by atoms with van der Waals surface area (Å²) in [5, 5.41) is 11.2. The number of nitrogens with zero attached hydrogens (tertiary/aromatic N) is 1. The molecule has 3 N–H and O–H groups in total. The third-order valence-electron chi connectivity index (χ3n) is 4.75. The van der Waals surface area contributed by atoms with E-state index in [4.69, 9.17) is 5.26 Å². The van der Waals surface area contributed by atoms with Crippen molar-refractivity contribution in [3.8, 4) is 6.07 Å². The third-order valence-corrected chi connectivity index (χ3v) is 7.61. The lowest BCUT2D eigenvalue weighted by molar-refractivity contribution is 0.102. The van der Waals surface area contributed by atoms with Gasteiger partial charge in [0.15, 0.2) is 0 Å². The fourth-order valence-corrected chi connectivity index (χ4v) is 5.10. The Kier molecular flexibility index (Phi) is 7.68. The monoisotopic (exact) mass is 498 g/mol. The van der Waals surface area contributed by atoms with E-state index < -0.39 is 26.0 Å². The Morgan fingerprint density at radius 2 is 1.53 bits per heavy atom. The first-order valence-corrected chi connectivity index (χ1v) is 13.1. The van der Waals surface area contributed by atoms with Crippen LogP contribution in [0.3, 0.4) is 0 Å². The number of carbonyl (C=O) groups is 1. The number of hydrogen-bond acceptors (Lipinski definition) is 6. The van der Waals surface area contributed by atoms with E-state index in [2.05, 4.69) is 14.8 Å². The molecule has 0 spiro atoms. The Bertz CT molecular complexity index is 1430. The summed E-state index contributed by atoms with van der Waals surface area (Å²) in [5.41, 5.74) is 1.54. The van der Waals surface area contributed by atoms with Gasteiger partial charge in [-0.3, -0.25) is 9.52 Å². The summed E-state index contributed by atoms with van der Waals surface area (Å²) in [6, 6.07) is 19.9. The molecule has 176 valence electrons. The number of benzene rings is 3. The highest BCUT2D eigenvalue weighted by Gasteiger charge is 2.17. The van der Waals surface area contributed by atoms with Crippen molar-refractivity contribution in [2.24, 2.45) is 0 Å². The summed E-state index contributed by atoms with van der Waals surface area (Å²) in [7, 11) is -7.59. The van der Waals surface area contributed by atoms with Gasteiger partial charge in [-0.05, 0) is 61.0 Å². The van der Waals surface area contributed by atoms with E-state index in [1.54, 1.807) is 37.3 Å². The molecule has 0 aliphatic rings. The summed E-state index contributed by atoms with van der Waals surface area (Å²) < 4.78 is 54.5. The summed E-state index contributed by atoms with van der Waals surface area (Å²) in [4.78, 5) is 12.7. The zero-order valence-electron chi connectivity index (χ0n) is 18.1. The topological polar surface area (TPSA) is 145 Å². The van der Waals surface area contributed by atoms with Crippen molar-refractivity contribution in [2.45, 2.75) is 23.1 Å². The number of sulfonamides is 2. The summed E-state index contributed by atoms with van der Waals surface area (Å²) in [6.45, 7) is 1.73.